The highest BCUT2D eigenvalue weighted by molar-refractivity contribution is 5.99. The number of nitrogens with one attached hydrogen (secondary N) is 1. The first-order chi connectivity index (χ1) is 19.7. The Kier molecular flexibility index (Phi) is 20.5. The Balaban J connectivity index is 0.000000790. The van der Waals surface area contributed by atoms with E-state index in [0.29, 0.717) is 18.4 Å². The van der Waals surface area contributed by atoms with Crippen molar-refractivity contribution in [1.82, 2.24) is 9.80 Å². The van der Waals surface area contributed by atoms with E-state index in [1.54, 1.807) is 12.1 Å². The fraction of sp³-hybridized carbons (Fsp3) is 0.562. The zero-order chi connectivity index (χ0) is 30.2. The maximum atomic E-state index is 11.5. The second kappa shape index (κ2) is 21.9. The van der Waals surface area contributed by atoms with Gasteiger partial charge in [0, 0.05) is 30.4 Å². The van der Waals surface area contributed by atoms with Crippen LogP contribution in [0.5, 0.6) is 0 Å². The maximum absolute atomic E-state index is 11.5. The fourth-order valence-corrected chi connectivity index (χ4v) is 5.42. The number of amides is 1. The number of nitro benzene ring substituents is 1. The molecule has 0 atom stereocenters. The number of nitrogens with zero attached hydrogens (tertiary/aromatic N) is 3. The van der Waals surface area contributed by atoms with Crippen molar-refractivity contribution >= 4 is 48.1 Å². The van der Waals surface area contributed by atoms with Gasteiger partial charge in [-0.1, -0.05) is 52.0 Å². The molecule has 1 amide bonds. The van der Waals surface area contributed by atoms with Crippen LogP contribution < -0.4 is 5.32 Å². The zero-order valence-corrected chi connectivity index (χ0v) is 27.7. The number of anilines is 1. The Hall–Kier alpha value is -2.72. The van der Waals surface area contributed by atoms with Crippen molar-refractivity contribution in [2.45, 2.75) is 79.1 Å². The van der Waals surface area contributed by atoms with Crippen LogP contribution >= 0.6 is 24.8 Å². The molecule has 0 unspecified atom stereocenters. The number of carbonyl (C=O) groups excluding carboxylic acids is 1. The lowest BCUT2D eigenvalue weighted by molar-refractivity contribution is -0.385. The van der Waals surface area contributed by atoms with E-state index >= 15 is 0 Å². The molecule has 2 N–H and O–H groups in total. The molecule has 3 rings (SSSR count). The third-order valence-corrected chi connectivity index (χ3v) is 7.21. The lowest BCUT2D eigenvalue weighted by atomic mass is 9.99. The summed E-state index contributed by atoms with van der Waals surface area (Å²) in [5.41, 5.74) is 4.53. The van der Waals surface area contributed by atoms with Crippen molar-refractivity contribution in [3.63, 3.8) is 0 Å². The SMILES string of the molecule is CCCN(CCC)CCc1cccc([N+](=O)[O-])c1CC(=O)O.CCCN(CCC)CCc1cccc2c1CC(=O)N2.Cl.Cl. The first kappa shape index (κ1) is 40.3. The summed E-state index contributed by atoms with van der Waals surface area (Å²) in [7, 11) is 0. The van der Waals surface area contributed by atoms with Crippen LogP contribution in [0.25, 0.3) is 0 Å². The van der Waals surface area contributed by atoms with E-state index < -0.39 is 10.9 Å². The number of rotatable bonds is 17. The minimum absolute atomic E-state index is 0. The molecule has 2 aromatic rings. The number of hydrogen-bond donors (Lipinski definition) is 2. The van der Waals surface area contributed by atoms with Gasteiger partial charge in [0.05, 0.1) is 17.8 Å². The first-order valence-corrected chi connectivity index (χ1v) is 15.1. The monoisotopic (exact) mass is 640 g/mol. The summed E-state index contributed by atoms with van der Waals surface area (Å²) in [4.78, 5) is 37.9. The van der Waals surface area contributed by atoms with Crippen LogP contribution in [0.1, 0.15) is 75.6 Å². The van der Waals surface area contributed by atoms with Crippen molar-refractivity contribution in [2.75, 3.05) is 44.6 Å². The average molecular weight is 642 g/mol. The Bertz CT molecular complexity index is 1140. The normalized spacial score (nSPS) is 11.6. The van der Waals surface area contributed by atoms with E-state index in [4.69, 9.17) is 5.11 Å². The number of benzene rings is 2. The number of carboxylic acids is 1. The third-order valence-electron chi connectivity index (χ3n) is 7.21. The summed E-state index contributed by atoms with van der Waals surface area (Å²) < 4.78 is 0. The highest BCUT2D eigenvalue weighted by Crippen LogP contribution is 2.27. The largest absolute Gasteiger partial charge is 0.481 e. The lowest BCUT2D eigenvalue weighted by Crippen LogP contribution is -2.28. The smallest absolute Gasteiger partial charge is 0.308 e. The number of hydrogen-bond acceptors (Lipinski definition) is 6. The van der Waals surface area contributed by atoms with Gasteiger partial charge in [0.1, 0.15) is 0 Å². The van der Waals surface area contributed by atoms with E-state index in [1.165, 1.54) is 43.1 Å². The van der Waals surface area contributed by atoms with Crippen LogP contribution in [-0.4, -0.2) is 71.0 Å². The number of carboxylic acid groups (broad SMARTS) is 1. The molecular weight excluding hydrogens is 591 g/mol. The van der Waals surface area contributed by atoms with Crippen LogP contribution in [0.4, 0.5) is 11.4 Å². The molecule has 9 nitrogen and oxygen atoms in total. The van der Waals surface area contributed by atoms with Crippen LogP contribution in [0.3, 0.4) is 0 Å². The number of nitro groups is 1. The molecule has 0 aromatic heterocycles. The first-order valence-electron chi connectivity index (χ1n) is 15.1. The quantitative estimate of drug-likeness (QED) is 0.148. The number of fused-ring (bicyclic) bond motifs is 1. The van der Waals surface area contributed by atoms with Gasteiger partial charge in [-0.25, -0.2) is 0 Å². The van der Waals surface area contributed by atoms with E-state index in [0.717, 1.165) is 56.7 Å². The number of carbonyl (C=O) groups is 2. The summed E-state index contributed by atoms with van der Waals surface area (Å²) in [6, 6.07) is 11.0. The Morgan fingerprint density at radius 1 is 0.837 bits per heavy atom. The van der Waals surface area contributed by atoms with Gasteiger partial charge in [0.15, 0.2) is 0 Å². The molecule has 0 fully saturated rings. The highest BCUT2D eigenvalue weighted by Gasteiger charge is 2.21. The van der Waals surface area contributed by atoms with Crippen molar-refractivity contribution in [3.8, 4) is 0 Å². The van der Waals surface area contributed by atoms with Crippen molar-refractivity contribution in [3.05, 3.63) is 68.8 Å². The van der Waals surface area contributed by atoms with E-state index in [9.17, 15) is 19.7 Å². The predicted octanol–water partition coefficient (Wildman–Crippen LogP) is 6.58. The molecule has 0 radical (unpaired) electrons. The second-order valence-corrected chi connectivity index (χ2v) is 10.6. The van der Waals surface area contributed by atoms with Gasteiger partial charge < -0.3 is 20.2 Å². The predicted molar refractivity (Wildman–Crippen MR) is 179 cm³/mol. The van der Waals surface area contributed by atoms with Crippen LogP contribution in [-0.2, 0) is 35.3 Å². The molecule has 1 aliphatic rings. The molecule has 0 saturated heterocycles. The topological polar surface area (TPSA) is 116 Å². The molecule has 1 heterocycles. The van der Waals surface area contributed by atoms with E-state index in [2.05, 4.69) is 48.9 Å². The van der Waals surface area contributed by atoms with Crippen molar-refractivity contribution < 1.29 is 19.6 Å². The third kappa shape index (κ3) is 13.6. The molecule has 11 heteroatoms. The molecular formula is C32H50Cl2N4O5. The maximum Gasteiger partial charge on any atom is 0.308 e. The fourth-order valence-electron chi connectivity index (χ4n) is 5.42. The molecule has 1 aliphatic heterocycles. The Morgan fingerprint density at radius 2 is 1.33 bits per heavy atom. The molecule has 0 saturated carbocycles. The summed E-state index contributed by atoms with van der Waals surface area (Å²) in [6.07, 6.45) is 6.41. The minimum Gasteiger partial charge on any atom is -0.481 e. The lowest BCUT2D eigenvalue weighted by Gasteiger charge is -2.21. The summed E-state index contributed by atoms with van der Waals surface area (Å²) in [6.45, 7) is 14.9. The average Bonchev–Trinajstić information content (AvgIpc) is 3.32. The Morgan fingerprint density at radius 3 is 1.81 bits per heavy atom. The van der Waals surface area contributed by atoms with Gasteiger partial charge in [-0.3, -0.25) is 19.7 Å². The zero-order valence-electron chi connectivity index (χ0n) is 26.1. The summed E-state index contributed by atoms with van der Waals surface area (Å²) >= 11 is 0. The van der Waals surface area contributed by atoms with Crippen LogP contribution in [0.2, 0.25) is 0 Å². The van der Waals surface area contributed by atoms with E-state index in [1.807, 2.05) is 12.1 Å². The molecule has 2 aromatic carbocycles. The van der Waals surface area contributed by atoms with Gasteiger partial charge in [-0.2, -0.15) is 0 Å². The van der Waals surface area contributed by atoms with Gasteiger partial charge in [-0.15, -0.1) is 24.8 Å². The van der Waals surface area contributed by atoms with Crippen molar-refractivity contribution in [2.24, 2.45) is 0 Å². The molecule has 242 valence electrons. The standard InChI is InChI=1S/C16H24N2O4.C16H24N2O.2ClH/c1-3-9-17(10-4-2)11-8-13-6-5-7-15(18(21)22)14(13)12-16(19)20;1-3-9-18(10-4-2)11-8-13-6-5-7-15-14(13)12-16(19)17-15;;/h5-7H,3-4,8-12H2,1-2H3,(H,19,20);5-7H,3-4,8-12H2,1-2H3,(H,17,19);2*1H. The number of halogens is 2. The molecule has 0 aliphatic carbocycles. The van der Waals surface area contributed by atoms with Crippen LogP contribution in [0, 0.1) is 10.1 Å². The van der Waals surface area contributed by atoms with Gasteiger partial charge in [0.2, 0.25) is 5.91 Å². The molecule has 0 bridgehead atoms. The van der Waals surface area contributed by atoms with Gasteiger partial charge in [0.25, 0.3) is 5.69 Å². The summed E-state index contributed by atoms with van der Waals surface area (Å²) in [5.74, 6) is -0.920. The molecule has 43 heavy (non-hydrogen) atoms. The van der Waals surface area contributed by atoms with Gasteiger partial charge in [-0.05, 0) is 87.5 Å². The highest BCUT2D eigenvalue weighted by atomic mass is 35.5. The minimum atomic E-state index is -1.05. The van der Waals surface area contributed by atoms with Gasteiger partial charge >= 0.3 is 5.97 Å². The number of aliphatic carboxylic acids is 1. The Labute approximate surface area is 269 Å². The van der Waals surface area contributed by atoms with Crippen molar-refractivity contribution in [1.29, 1.82) is 0 Å². The molecule has 0 spiro atoms. The summed E-state index contributed by atoms with van der Waals surface area (Å²) in [5, 5.41) is 23.0. The second-order valence-electron chi connectivity index (χ2n) is 10.6. The van der Waals surface area contributed by atoms with E-state index in [-0.39, 0.29) is 42.8 Å². The van der Waals surface area contributed by atoms with Crippen LogP contribution in [0.15, 0.2) is 36.4 Å².